The molecule has 0 saturated carbocycles. The van der Waals surface area contributed by atoms with E-state index in [4.69, 9.17) is 9.47 Å². The Labute approximate surface area is 181 Å². The first kappa shape index (κ1) is 22.5. The number of imidazole rings is 1. The zero-order valence-electron chi connectivity index (χ0n) is 16.8. The summed E-state index contributed by atoms with van der Waals surface area (Å²) in [6.45, 7) is -1.20. The van der Waals surface area contributed by atoms with Crippen LogP contribution in [0.3, 0.4) is 0 Å². The van der Waals surface area contributed by atoms with Gasteiger partial charge >= 0.3 is 6.18 Å². The first-order valence-electron chi connectivity index (χ1n) is 9.12. The highest BCUT2D eigenvalue weighted by Crippen LogP contribution is 2.30. The van der Waals surface area contributed by atoms with E-state index in [1.807, 2.05) is 0 Å². The van der Waals surface area contributed by atoms with Gasteiger partial charge in [-0.2, -0.15) is 13.2 Å². The molecule has 0 aliphatic rings. The van der Waals surface area contributed by atoms with Crippen LogP contribution in [0.1, 0.15) is 0 Å². The number of carbonyl (C=O) groups is 1. The SMILES string of the molecule is COc1cc(NC(=O)CSc2ncc(-c3ccccc3)n2CC(F)(F)F)cc(OC)c1. The number of methoxy groups -OCH3 is 2. The molecule has 1 heterocycles. The molecule has 6 nitrogen and oxygen atoms in total. The van der Waals surface area contributed by atoms with Crippen LogP contribution in [0.4, 0.5) is 18.9 Å². The van der Waals surface area contributed by atoms with Gasteiger partial charge in [-0.05, 0) is 5.56 Å². The third kappa shape index (κ3) is 6.17. The van der Waals surface area contributed by atoms with Gasteiger partial charge in [-0.1, -0.05) is 42.1 Å². The van der Waals surface area contributed by atoms with Crippen LogP contribution in [0.2, 0.25) is 0 Å². The number of carbonyl (C=O) groups excluding carboxylic acids is 1. The molecule has 3 aromatic rings. The Bertz CT molecular complexity index is 1020. The standard InChI is InChI=1S/C21H20F3N3O3S/c1-29-16-8-15(9-17(10-16)30-2)26-19(28)12-31-20-25-11-18(14-6-4-3-5-7-14)27(20)13-21(22,23)24/h3-11H,12-13H2,1-2H3,(H,26,28). The fraction of sp³-hybridized carbons (Fsp3) is 0.238. The van der Waals surface area contributed by atoms with E-state index in [-0.39, 0.29) is 10.9 Å². The van der Waals surface area contributed by atoms with Gasteiger partial charge in [-0.25, -0.2) is 4.98 Å². The molecule has 31 heavy (non-hydrogen) atoms. The molecule has 0 aliphatic heterocycles. The van der Waals surface area contributed by atoms with Crippen molar-refractivity contribution in [1.29, 1.82) is 0 Å². The average molecular weight is 451 g/mol. The van der Waals surface area contributed by atoms with E-state index in [2.05, 4.69) is 10.3 Å². The molecule has 1 amide bonds. The van der Waals surface area contributed by atoms with Gasteiger partial charge in [-0.15, -0.1) is 0 Å². The molecule has 2 aromatic carbocycles. The monoisotopic (exact) mass is 451 g/mol. The first-order chi connectivity index (χ1) is 14.8. The van der Waals surface area contributed by atoms with Gasteiger partial charge in [0.15, 0.2) is 5.16 Å². The van der Waals surface area contributed by atoms with Crippen molar-refractivity contribution in [2.24, 2.45) is 0 Å². The second kappa shape index (κ2) is 9.78. The van der Waals surface area contributed by atoms with Crippen LogP contribution in [-0.2, 0) is 11.3 Å². The predicted molar refractivity (Wildman–Crippen MR) is 113 cm³/mol. The summed E-state index contributed by atoms with van der Waals surface area (Å²) >= 11 is 0.928. The molecule has 1 N–H and O–H groups in total. The van der Waals surface area contributed by atoms with Crippen molar-refractivity contribution in [2.75, 3.05) is 25.3 Å². The second-order valence-corrected chi connectivity index (χ2v) is 7.37. The van der Waals surface area contributed by atoms with E-state index in [9.17, 15) is 18.0 Å². The largest absolute Gasteiger partial charge is 0.497 e. The summed E-state index contributed by atoms with van der Waals surface area (Å²) in [4.78, 5) is 16.5. The molecule has 3 rings (SSSR count). The maximum atomic E-state index is 13.2. The fourth-order valence-electron chi connectivity index (χ4n) is 2.85. The maximum absolute atomic E-state index is 13.2. The molecule has 0 spiro atoms. The number of amides is 1. The van der Waals surface area contributed by atoms with Gasteiger partial charge < -0.3 is 19.4 Å². The zero-order valence-corrected chi connectivity index (χ0v) is 17.6. The number of benzene rings is 2. The summed E-state index contributed by atoms with van der Waals surface area (Å²) in [5, 5.41) is 2.79. The quantitative estimate of drug-likeness (QED) is 0.496. The highest BCUT2D eigenvalue weighted by molar-refractivity contribution is 7.99. The number of alkyl halides is 3. The molecule has 1 aromatic heterocycles. The van der Waals surface area contributed by atoms with Gasteiger partial charge in [0.1, 0.15) is 18.0 Å². The average Bonchev–Trinajstić information content (AvgIpc) is 3.13. The molecule has 164 valence electrons. The summed E-state index contributed by atoms with van der Waals surface area (Å²) in [5.41, 5.74) is 1.39. The van der Waals surface area contributed by atoms with Crippen molar-refractivity contribution in [3.05, 3.63) is 54.7 Å². The molecule has 0 bridgehead atoms. The minimum absolute atomic E-state index is 0.106. The summed E-state index contributed by atoms with van der Waals surface area (Å²) < 4.78 is 50.9. The van der Waals surface area contributed by atoms with E-state index in [1.165, 1.54) is 20.4 Å². The minimum atomic E-state index is -4.43. The lowest BCUT2D eigenvalue weighted by atomic mass is 10.2. The third-order valence-corrected chi connectivity index (χ3v) is 5.18. The summed E-state index contributed by atoms with van der Waals surface area (Å²) in [5.74, 6) is 0.469. The van der Waals surface area contributed by atoms with E-state index < -0.39 is 18.6 Å². The summed E-state index contributed by atoms with van der Waals surface area (Å²) in [6, 6.07) is 13.6. The van der Waals surface area contributed by atoms with Crippen molar-refractivity contribution in [1.82, 2.24) is 9.55 Å². The lowest BCUT2D eigenvalue weighted by Gasteiger charge is -2.14. The Morgan fingerprint density at radius 1 is 1.10 bits per heavy atom. The topological polar surface area (TPSA) is 65.4 Å². The number of hydrogen-bond donors (Lipinski definition) is 1. The Balaban J connectivity index is 1.75. The molecule has 0 saturated heterocycles. The lowest BCUT2D eigenvalue weighted by Crippen LogP contribution is -2.20. The fourth-order valence-corrected chi connectivity index (χ4v) is 3.63. The van der Waals surface area contributed by atoms with Gasteiger partial charge in [0, 0.05) is 23.9 Å². The molecule has 0 atom stereocenters. The Kier molecular flexibility index (Phi) is 7.11. The molecule has 0 unspecified atom stereocenters. The number of rotatable bonds is 8. The molecule has 0 radical (unpaired) electrons. The van der Waals surface area contributed by atoms with Gasteiger partial charge in [0.2, 0.25) is 5.91 Å². The first-order valence-corrected chi connectivity index (χ1v) is 10.1. The molecule has 0 fully saturated rings. The molecular weight excluding hydrogens is 431 g/mol. The smallest absolute Gasteiger partial charge is 0.406 e. The molecule has 10 heteroatoms. The van der Waals surface area contributed by atoms with Crippen LogP contribution in [-0.4, -0.2) is 41.6 Å². The number of nitrogens with one attached hydrogen (secondary N) is 1. The normalized spacial score (nSPS) is 11.3. The van der Waals surface area contributed by atoms with E-state index in [0.29, 0.717) is 28.4 Å². The number of ether oxygens (including phenoxy) is 2. The van der Waals surface area contributed by atoms with Crippen LogP contribution in [0.15, 0.2) is 59.9 Å². The lowest BCUT2D eigenvalue weighted by molar-refractivity contribution is -0.141. The third-order valence-electron chi connectivity index (χ3n) is 4.19. The Morgan fingerprint density at radius 3 is 2.32 bits per heavy atom. The highest BCUT2D eigenvalue weighted by atomic mass is 32.2. The van der Waals surface area contributed by atoms with Crippen LogP contribution in [0.25, 0.3) is 11.3 Å². The van der Waals surface area contributed by atoms with E-state index in [1.54, 1.807) is 48.5 Å². The van der Waals surface area contributed by atoms with Gasteiger partial charge in [0.05, 0.1) is 31.9 Å². The number of nitrogens with zero attached hydrogens (tertiary/aromatic N) is 2. The van der Waals surface area contributed by atoms with Crippen LogP contribution in [0, 0.1) is 0 Å². The maximum Gasteiger partial charge on any atom is 0.406 e. The van der Waals surface area contributed by atoms with Crippen molar-refractivity contribution in [3.63, 3.8) is 0 Å². The number of anilines is 1. The minimum Gasteiger partial charge on any atom is -0.497 e. The van der Waals surface area contributed by atoms with Crippen LogP contribution >= 0.6 is 11.8 Å². The number of thioether (sulfide) groups is 1. The van der Waals surface area contributed by atoms with E-state index >= 15 is 0 Å². The van der Waals surface area contributed by atoms with Crippen molar-refractivity contribution in [3.8, 4) is 22.8 Å². The Hall–Kier alpha value is -3.14. The summed E-state index contributed by atoms with van der Waals surface area (Å²) in [7, 11) is 2.97. The van der Waals surface area contributed by atoms with Gasteiger partial charge in [-0.3, -0.25) is 4.79 Å². The zero-order chi connectivity index (χ0) is 22.4. The number of halogens is 3. The van der Waals surface area contributed by atoms with Crippen molar-refractivity contribution in [2.45, 2.75) is 17.9 Å². The number of hydrogen-bond acceptors (Lipinski definition) is 5. The van der Waals surface area contributed by atoms with Crippen molar-refractivity contribution >= 4 is 23.4 Å². The van der Waals surface area contributed by atoms with Gasteiger partial charge in [0.25, 0.3) is 0 Å². The van der Waals surface area contributed by atoms with Crippen LogP contribution in [0.5, 0.6) is 11.5 Å². The number of aromatic nitrogens is 2. The molecular formula is C21H20F3N3O3S. The highest BCUT2D eigenvalue weighted by Gasteiger charge is 2.31. The molecule has 0 aliphatic carbocycles. The predicted octanol–water partition coefficient (Wildman–Crippen LogP) is 4.86. The van der Waals surface area contributed by atoms with E-state index in [0.717, 1.165) is 16.3 Å². The second-order valence-electron chi connectivity index (χ2n) is 6.43. The Morgan fingerprint density at radius 2 is 1.74 bits per heavy atom. The van der Waals surface area contributed by atoms with Crippen molar-refractivity contribution < 1.29 is 27.4 Å². The summed E-state index contributed by atoms with van der Waals surface area (Å²) in [6.07, 6.45) is -3.05. The van der Waals surface area contributed by atoms with Crippen LogP contribution < -0.4 is 14.8 Å².